The van der Waals surface area contributed by atoms with Crippen LogP contribution >= 0.6 is 0 Å². The van der Waals surface area contributed by atoms with Gasteiger partial charge >= 0.3 is 5.97 Å². The van der Waals surface area contributed by atoms with E-state index in [1.807, 2.05) is 18.2 Å². The lowest BCUT2D eigenvalue weighted by atomic mass is 9.89. The highest BCUT2D eigenvalue weighted by Gasteiger charge is 2.41. The van der Waals surface area contributed by atoms with Gasteiger partial charge in [0.05, 0.1) is 5.57 Å². The summed E-state index contributed by atoms with van der Waals surface area (Å²) in [7, 11) is 0. The second-order valence-corrected chi connectivity index (χ2v) is 4.77. The van der Waals surface area contributed by atoms with E-state index in [-0.39, 0.29) is 12.1 Å². The smallest absolute Gasteiger partial charge is 0.338 e. The van der Waals surface area contributed by atoms with Gasteiger partial charge in [0.1, 0.15) is 6.10 Å². The minimum atomic E-state index is -0.109. The Morgan fingerprint density at radius 2 is 2.00 bits per heavy atom. The molecule has 88 valence electrons. The number of cyclic esters (lactones) is 1. The van der Waals surface area contributed by atoms with E-state index < -0.39 is 0 Å². The number of benzene rings is 1. The summed E-state index contributed by atoms with van der Waals surface area (Å²) in [5.41, 5.74) is 3.37. The number of hydrogen-bond acceptors (Lipinski definition) is 2. The van der Waals surface area contributed by atoms with Gasteiger partial charge in [-0.1, -0.05) is 37.3 Å². The van der Waals surface area contributed by atoms with Crippen molar-refractivity contribution in [2.45, 2.75) is 32.3 Å². The Kier molecular flexibility index (Phi) is 2.50. The number of esters is 1. The van der Waals surface area contributed by atoms with E-state index in [0.29, 0.717) is 5.92 Å². The molecular weight excluding hydrogens is 212 g/mol. The van der Waals surface area contributed by atoms with Gasteiger partial charge in [-0.25, -0.2) is 4.79 Å². The highest BCUT2D eigenvalue weighted by Crippen LogP contribution is 2.46. The molecule has 1 atom stereocenters. The first-order valence-corrected chi connectivity index (χ1v) is 6.31. The van der Waals surface area contributed by atoms with Crippen molar-refractivity contribution in [3.8, 4) is 0 Å². The zero-order valence-electron chi connectivity index (χ0n) is 9.98. The van der Waals surface area contributed by atoms with Crippen LogP contribution in [0.2, 0.25) is 0 Å². The number of allylic oxidation sites excluding steroid dienone is 1. The highest BCUT2D eigenvalue weighted by atomic mass is 16.6. The molecule has 0 spiro atoms. The average Bonchev–Trinajstić information content (AvgIpc) is 3.17. The first kappa shape index (κ1) is 10.6. The molecule has 0 amide bonds. The molecule has 1 unspecified atom stereocenters. The van der Waals surface area contributed by atoms with E-state index in [1.54, 1.807) is 0 Å². The Morgan fingerprint density at radius 3 is 2.53 bits per heavy atom. The molecule has 0 N–H and O–H groups in total. The maximum Gasteiger partial charge on any atom is 0.338 e. The van der Waals surface area contributed by atoms with Gasteiger partial charge in [-0.3, -0.25) is 0 Å². The summed E-state index contributed by atoms with van der Waals surface area (Å²) >= 11 is 0. The lowest BCUT2D eigenvalue weighted by Gasteiger charge is -2.31. The minimum Gasteiger partial charge on any atom is -0.454 e. The van der Waals surface area contributed by atoms with Crippen LogP contribution in [0.1, 0.15) is 31.7 Å². The molecule has 1 saturated heterocycles. The molecule has 2 fully saturated rings. The van der Waals surface area contributed by atoms with Crippen molar-refractivity contribution < 1.29 is 9.53 Å². The van der Waals surface area contributed by atoms with Gasteiger partial charge < -0.3 is 4.74 Å². The molecule has 1 aromatic carbocycles. The summed E-state index contributed by atoms with van der Waals surface area (Å²) in [6.07, 6.45) is 3.32. The summed E-state index contributed by atoms with van der Waals surface area (Å²) in [5, 5.41) is 0. The molecule has 0 aromatic heterocycles. The van der Waals surface area contributed by atoms with Gasteiger partial charge in [-0.05, 0) is 36.3 Å². The van der Waals surface area contributed by atoms with Crippen LogP contribution in [0.5, 0.6) is 0 Å². The first-order chi connectivity index (χ1) is 8.31. The van der Waals surface area contributed by atoms with Crippen molar-refractivity contribution in [3.63, 3.8) is 0 Å². The highest BCUT2D eigenvalue weighted by molar-refractivity contribution is 6.04. The van der Waals surface area contributed by atoms with Crippen molar-refractivity contribution in [1.29, 1.82) is 0 Å². The van der Waals surface area contributed by atoms with Crippen LogP contribution in [0.4, 0.5) is 0 Å². The van der Waals surface area contributed by atoms with E-state index in [2.05, 4.69) is 19.1 Å². The van der Waals surface area contributed by atoms with Crippen molar-refractivity contribution in [1.82, 2.24) is 0 Å². The van der Waals surface area contributed by atoms with Crippen molar-refractivity contribution in [2.75, 3.05) is 0 Å². The number of rotatable bonds is 3. The van der Waals surface area contributed by atoms with Crippen molar-refractivity contribution in [2.24, 2.45) is 5.92 Å². The van der Waals surface area contributed by atoms with Crippen LogP contribution in [-0.4, -0.2) is 12.1 Å². The second kappa shape index (κ2) is 4.02. The summed E-state index contributed by atoms with van der Waals surface area (Å²) < 4.78 is 5.18. The quantitative estimate of drug-likeness (QED) is 0.586. The van der Waals surface area contributed by atoms with Gasteiger partial charge in [0.15, 0.2) is 0 Å². The number of ether oxygens (including phenoxy) is 1. The molecular formula is C15H16O2. The fourth-order valence-corrected chi connectivity index (χ4v) is 2.50. The summed E-state index contributed by atoms with van der Waals surface area (Å²) in [4.78, 5) is 11.7. The lowest BCUT2D eigenvalue weighted by molar-refractivity contribution is -0.155. The summed E-state index contributed by atoms with van der Waals surface area (Å²) in [6.45, 7) is 2.06. The topological polar surface area (TPSA) is 26.3 Å². The molecule has 0 radical (unpaired) electrons. The number of carbonyl (C=O) groups is 1. The fourth-order valence-electron chi connectivity index (χ4n) is 2.50. The largest absolute Gasteiger partial charge is 0.454 e. The minimum absolute atomic E-state index is 0.0262. The average molecular weight is 228 g/mol. The zero-order chi connectivity index (χ0) is 11.8. The molecule has 2 aliphatic rings. The van der Waals surface area contributed by atoms with E-state index in [1.165, 1.54) is 24.0 Å². The predicted molar refractivity (Wildman–Crippen MR) is 66.3 cm³/mol. The Labute approximate surface area is 101 Å². The van der Waals surface area contributed by atoms with Crippen LogP contribution in [0, 0.1) is 5.92 Å². The lowest BCUT2D eigenvalue weighted by Crippen LogP contribution is -2.37. The fraction of sp³-hybridized carbons (Fsp3) is 0.400. The molecule has 1 aliphatic carbocycles. The van der Waals surface area contributed by atoms with Gasteiger partial charge in [0.2, 0.25) is 0 Å². The normalized spacial score (nSPS) is 26.2. The third-order valence-electron chi connectivity index (χ3n) is 3.52. The van der Waals surface area contributed by atoms with Gasteiger partial charge in [0.25, 0.3) is 0 Å². The van der Waals surface area contributed by atoms with Gasteiger partial charge in [-0.2, -0.15) is 0 Å². The predicted octanol–water partition coefficient (Wildman–Crippen LogP) is 3.19. The van der Waals surface area contributed by atoms with Crippen LogP contribution < -0.4 is 0 Å². The third kappa shape index (κ3) is 1.78. The maximum atomic E-state index is 11.7. The number of hydrogen-bond donors (Lipinski definition) is 0. The summed E-state index contributed by atoms with van der Waals surface area (Å²) in [6, 6.07) is 10.3. The second-order valence-electron chi connectivity index (χ2n) is 4.77. The maximum absolute atomic E-state index is 11.7. The zero-order valence-corrected chi connectivity index (χ0v) is 9.98. The molecule has 1 aliphatic heterocycles. The standard InChI is InChI=1S/C15H16O2/c1-2-12-14(15(16)17-12)13(11-8-9-11)10-6-4-3-5-7-10/h3-7,11-12H,2,8-9H2,1H3/b14-13-. The molecule has 2 nitrogen and oxygen atoms in total. The molecule has 2 heteroatoms. The summed E-state index contributed by atoms with van der Waals surface area (Å²) in [5.74, 6) is 0.469. The van der Waals surface area contributed by atoms with Crippen molar-refractivity contribution >= 4 is 11.5 Å². The van der Waals surface area contributed by atoms with Crippen LogP contribution in [0.15, 0.2) is 35.9 Å². The van der Waals surface area contributed by atoms with E-state index >= 15 is 0 Å². The van der Waals surface area contributed by atoms with E-state index in [9.17, 15) is 4.79 Å². The van der Waals surface area contributed by atoms with Gasteiger partial charge in [-0.15, -0.1) is 0 Å². The first-order valence-electron chi connectivity index (χ1n) is 6.31. The molecule has 17 heavy (non-hydrogen) atoms. The van der Waals surface area contributed by atoms with Gasteiger partial charge in [0, 0.05) is 0 Å². The Bertz CT molecular complexity index is 469. The molecule has 1 saturated carbocycles. The Morgan fingerprint density at radius 1 is 1.29 bits per heavy atom. The van der Waals surface area contributed by atoms with Crippen LogP contribution in [0.25, 0.3) is 5.57 Å². The molecule has 1 heterocycles. The van der Waals surface area contributed by atoms with Crippen LogP contribution in [0.3, 0.4) is 0 Å². The SMILES string of the molecule is CCC1OC(=O)/C1=C(/c1ccccc1)C1CC1. The molecule has 3 rings (SSSR count). The van der Waals surface area contributed by atoms with Crippen molar-refractivity contribution in [3.05, 3.63) is 41.5 Å². The van der Waals surface area contributed by atoms with E-state index in [4.69, 9.17) is 4.74 Å². The monoisotopic (exact) mass is 228 g/mol. The van der Waals surface area contributed by atoms with E-state index in [0.717, 1.165) is 12.0 Å². The third-order valence-corrected chi connectivity index (χ3v) is 3.52. The number of carbonyl (C=O) groups excluding carboxylic acids is 1. The van der Waals surface area contributed by atoms with Crippen LogP contribution in [-0.2, 0) is 9.53 Å². The Hall–Kier alpha value is -1.57. The molecule has 0 bridgehead atoms. The molecule has 1 aromatic rings. The Balaban J connectivity index is 2.06.